The summed E-state index contributed by atoms with van der Waals surface area (Å²) in [6.07, 6.45) is 2.76. The fourth-order valence-electron chi connectivity index (χ4n) is 6.42. The van der Waals surface area contributed by atoms with Crippen LogP contribution in [-0.4, -0.2) is 30.3 Å². The highest BCUT2D eigenvalue weighted by molar-refractivity contribution is 5.82. The molecule has 44 heavy (non-hydrogen) atoms. The fourth-order valence-corrected chi connectivity index (χ4v) is 6.42. The van der Waals surface area contributed by atoms with Crippen LogP contribution < -0.4 is 0 Å². The Morgan fingerprint density at radius 2 is 1.52 bits per heavy atom. The van der Waals surface area contributed by atoms with Crippen LogP contribution in [0.2, 0.25) is 0 Å². The SMILES string of the molecule is CCc1ccc(Cc2noc3cc4c(cc23)C2C[C@@H](OCc3ccccc3)C[C@@H](COCc3ccccc3)O[C@H]2OC4)cc1. The molecule has 1 fully saturated rings. The number of rotatable bonds is 10. The highest BCUT2D eigenvalue weighted by atomic mass is 16.7. The first kappa shape index (κ1) is 28.9. The second kappa shape index (κ2) is 13.4. The Bertz CT molecular complexity index is 1650. The summed E-state index contributed by atoms with van der Waals surface area (Å²) in [6, 6.07) is 33.7. The molecule has 0 N–H and O–H groups in total. The lowest BCUT2D eigenvalue weighted by molar-refractivity contribution is -0.200. The third kappa shape index (κ3) is 6.64. The van der Waals surface area contributed by atoms with Gasteiger partial charge in [-0.05, 0) is 58.4 Å². The number of aromatic nitrogens is 1. The van der Waals surface area contributed by atoms with Crippen molar-refractivity contribution in [1.82, 2.24) is 5.16 Å². The van der Waals surface area contributed by atoms with Crippen LogP contribution >= 0.6 is 0 Å². The minimum Gasteiger partial charge on any atom is -0.374 e. The van der Waals surface area contributed by atoms with Crippen molar-refractivity contribution >= 4 is 11.0 Å². The monoisotopic (exact) mass is 589 g/mol. The molecule has 6 heteroatoms. The van der Waals surface area contributed by atoms with Crippen LogP contribution in [0.25, 0.3) is 11.0 Å². The van der Waals surface area contributed by atoms with E-state index in [2.05, 4.69) is 84.9 Å². The molecule has 0 saturated carbocycles. The molecular weight excluding hydrogens is 550 g/mol. The van der Waals surface area contributed by atoms with Crippen LogP contribution in [0, 0.1) is 0 Å². The zero-order valence-corrected chi connectivity index (χ0v) is 25.2. The zero-order valence-electron chi connectivity index (χ0n) is 25.2. The first-order valence-corrected chi connectivity index (χ1v) is 15.7. The van der Waals surface area contributed by atoms with E-state index in [-0.39, 0.29) is 24.4 Å². The van der Waals surface area contributed by atoms with Gasteiger partial charge in [0, 0.05) is 24.1 Å². The highest BCUT2D eigenvalue weighted by Gasteiger charge is 2.39. The van der Waals surface area contributed by atoms with Gasteiger partial charge in [0.1, 0.15) is 0 Å². The number of hydrogen-bond donors (Lipinski definition) is 0. The Labute approximate surface area is 258 Å². The van der Waals surface area contributed by atoms with E-state index in [1.54, 1.807) is 0 Å². The van der Waals surface area contributed by atoms with Crippen LogP contribution in [0.5, 0.6) is 0 Å². The normalized spacial score (nSPS) is 21.5. The molecule has 7 rings (SSSR count). The largest absolute Gasteiger partial charge is 0.374 e. The van der Waals surface area contributed by atoms with Gasteiger partial charge in [-0.3, -0.25) is 0 Å². The lowest BCUT2D eigenvalue weighted by atomic mass is 9.86. The number of aryl methyl sites for hydroxylation is 1. The van der Waals surface area contributed by atoms with Crippen LogP contribution in [-0.2, 0) is 51.6 Å². The maximum absolute atomic E-state index is 6.67. The number of benzene rings is 4. The summed E-state index contributed by atoms with van der Waals surface area (Å²) >= 11 is 0. The van der Waals surface area contributed by atoms with Gasteiger partial charge in [-0.1, -0.05) is 97.0 Å². The van der Waals surface area contributed by atoms with Crippen LogP contribution in [0.3, 0.4) is 0 Å². The Hall–Kier alpha value is -3.81. The average Bonchev–Trinajstić information content (AvgIpc) is 3.35. The second-order valence-electron chi connectivity index (χ2n) is 12.0. The maximum Gasteiger partial charge on any atom is 0.167 e. The molecule has 1 aromatic heterocycles. The van der Waals surface area contributed by atoms with Gasteiger partial charge in [0.15, 0.2) is 11.9 Å². The Morgan fingerprint density at radius 1 is 0.795 bits per heavy atom. The van der Waals surface area contributed by atoms with Gasteiger partial charge < -0.3 is 23.5 Å². The Balaban J connectivity index is 1.13. The fraction of sp³-hybridized carbons (Fsp3) is 0.342. The van der Waals surface area contributed by atoms with Crippen molar-refractivity contribution in [3.05, 3.63) is 136 Å². The zero-order chi connectivity index (χ0) is 29.7. The van der Waals surface area contributed by atoms with Crippen molar-refractivity contribution in [3.8, 4) is 0 Å². The van der Waals surface area contributed by atoms with Gasteiger partial charge >= 0.3 is 0 Å². The van der Waals surface area contributed by atoms with Crippen molar-refractivity contribution in [2.45, 2.75) is 76.8 Å². The molecule has 0 bridgehead atoms. The standard InChI is InChI=1S/C38H39NO5/c1-2-26-13-15-27(16-14-26)17-36-35-21-33-30(18-37(35)44-39-36)24-42-38-34(33)20-31(41-23-29-11-7-4-8-12-29)19-32(43-38)25-40-22-28-9-5-3-6-10-28/h3-16,18,21,31-32,34,38H,2,17,19-20,22-25H2,1H3/t31-,32-,34?,38+/m0/s1. The molecule has 2 aliphatic rings. The number of hydrogen-bond acceptors (Lipinski definition) is 6. The molecule has 1 saturated heterocycles. The summed E-state index contributed by atoms with van der Waals surface area (Å²) in [6.45, 7) is 4.22. The molecular formula is C38H39NO5. The summed E-state index contributed by atoms with van der Waals surface area (Å²) in [5.74, 6) is 0.0228. The van der Waals surface area contributed by atoms with E-state index in [9.17, 15) is 0 Å². The third-order valence-corrected chi connectivity index (χ3v) is 8.85. The minimum absolute atomic E-state index is 0.0141. The highest BCUT2D eigenvalue weighted by Crippen LogP contribution is 2.42. The second-order valence-corrected chi connectivity index (χ2v) is 12.0. The summed E-state index contributed by atoms with van der Waals surface area (Å²) in [5.41, 5.74) is 8.97. The lowest BCUT2D eigenvalue weighted by Crippen LogP contribution is -2.33. The van der Waals surface area contributed by atoms with Crippen LogP contribution in [0.1, 0.15) is 64.8 Å². The van der Waals surface area contributed by atoms with E-state index in [4.69, 9.17) is 23.5 Å². The van der Waals surface area contributed by atoms with Crippen molar-refractivity contribution in [1.29, 1.82) is 0 Å². The Kier molecular flexibility index (Phi) is 8.84. The predicted molar refractivity (Wildman–Crippen MR) is 169 cm³/mol. The van der Waals surface area contributed by atoms with Crippen molar-refractivity contribution in [2.75, 3.05) is 6.61 Å². The van der Waals surface area contributed by atoms with Crippen molar-refractivity contribution in [3.63, 3.8) is 0 Å². The lowest BCUT2D eigenvalue weighted by Gasteiger charge is -2.33. The topological polar surface area (TPSA) is 63.0 Å². The van der Waals surface area contributed by atoms with E-state index in [0.29, 0.717) is 26.4 Å². The summed E-state index contributed by atoms with van der Waals surface area (Å²) < 4.78 is 31.6. The first-order valence-electron chi connectivity index (χ1n) is 15.7. The van der Waals surface area contributed by atoms with E-state index in [0.717, 1.165) is 59.0 Å². The first-order chi connectivity index (χ1) is 21.7. The van der Waals surface area contributed by atoms with Gasteiger partial charge in [-0.2, -0.15) is 0 Å². The van der Waals surface area contributed by atoms with Gasteiger partial charge in [0.2, 0.25) is 0 Å². The van der Waals surface area contributed by atoms with E-state index in [1.807, 2.05) is 24.3 Å². The van der Waals surface area contributed by atoms with Gasteiger partial charge in [-0.25, -0.2) is 0 Å². The molecule has 0 amide bonds. The molecule has 0 radical (unpaired) electrons. The van der Waals surface area contributed by atoms with Gasteiger partial charge in [-0.15, -0.1) is 0 Å². The maximum atomic E-state index is 6.67. The summed E-state index contributed by atoms with van der Waals surface area (Å²) in [5, 5.41) is 5.54. The number of fused-ring (bicyclic) bond motifs is 4. The van der Waals surface area contributed by atoms with E-state index in [1.165, 1.54) is 16.7 Å². The number of nitrogens with zero attached hydrogens (tertiary/aromatic N) is 1. The molecule has 4 aromatic carbocycles. The van der Waals surface area contributed by atoms with Crippen LogP contribution in [0.15, 0.2) is 102 Å². The quantitative estimate of drug-likeness (QED) is 0.165. The van der Waals surface area contributed by atoms with E-state index < -0.39 is 0 Å². The summed E-state index contributed by atoms with van der Waals surface area (Å²) in [4.78, 5) is 0. The van der Waals surface area contributed by atoms with Gasteiger partial charge in [0.05, 0.1) is 44.3 Å². The third-order valence-electron chi connectivity index (χ3n) is 8.85. The molecule has 226 valence electrons. The molecule has 5 aromatic rings. The molecule has 2 aliphatic heterocycles. The predicted octanol–water partition coefficient (Wildman–Crippen LogP) is 7.90. The molecule has 1 unspecified atom stereocenters. The Morgan fingerprint density at radius 3 is 2.27 bits per heavy atom. The molecule has 0 spiro atoms. The summed E-state index contributed by atoms with van der Waals surface area (Å²) in [7, 11) is 0. The molecule has 3 heterocycles. The number of ether oxygens (including phenoxy) is 4. The smallest absolute Gasteiger partial charge is 0.167 e. The van der Waals surface area contributed by atoms with Crippen LogP contribution in [0.4, 0.5) is 0 Å². The molecule has 4 atom stereocenters. The minimum atomic E-state index is -0.375. The average molecular weight is 590 g/mol. The van der Waals surface area contributed by atoms with Gasteiger partial charge in [0.25, 0.3) is 0 Å². The van der Waals surface area contributed by atoms with E-state index >= 15 is 0 Å². The molecule has 0 aliphatic carbocycles. The molecule has 6 nitrogen and oxygen atoms in total. The van der Waals surface area contributed by atoms with Crippen molar-refractivity contribution in [2.24, 2.45) is 0 Å². The van der Waals surface area contributed by atoms with Crippen molar-refractivity contribution < 1.29 is 23.5 Å².